The van der Waals surface area contributed by atoms with E-state index in [1.165, 1.54) is 0 Å². The third kappa shape index (κ3) is 14.7. The van der Waals surface area contributed by atoms with Gasteiger partial charge in [0.1, 0.15) is 18.7 Å². The summed E-state index contributed by atoms with van der Waals surface area (Å²) in [6, 6.07) is 2.68. The summed E-state index contributed by atoms with van der Waals surface area (Å²) in [4.78, 5) is 29.2. The normalized spacial score (nSPS) is 10.7. The number of nitrogens with zero attached hydrogens (tertiary/aromatic N) is 3. The molecule has 0 aromatic heterocycles. The van der Waals surface area contributed by atoms with Crippen molar-refractivity contribution < 1.29 is 9.59 Å². The number of carbonyl (C=O) groups excluding carboxylic acids is 2. The molecule has 0 fully saturated rings. The predicted molar refractivity (Wildman–Crippen MR) is 74.1 cm³/mol. The van der Waals surface area contributed by atoms with Crippen LogP contribution in [0, 0.1) is 0 Å². The first kappa shape index (κ1) is 19.0. The van der Waals surface area contributed by atoms with Crippen LogP contribution in [0.5, 0.6) is 0 Å². The van der Waals surface area contributed by atoms with E-state index in [-0.39, 0.29) is 6.17 Å². The molecule has 0 aliphatic heterocycles. The maximum Gasteiger partial charge on any atom is 0.120 e. The maximum absolute atomic E-state index is 9.56. The van der Waals surface area contributed by atoms with E-state index in [2.05, 4.69) is 27.8 Å². The summed E-state index contributed by atoms with van der Waals surface area (Å²) in [7, 11) is 4.01. The Balaban J connectivity index is 0. The van der Waals surface area contributed by atoms with Crippen LogP contribution in [0.2, 0.25) is 0 Å². The van der Waals surface area contributed by atoms with Crippen molar-refractivity contribution in [1.82, 2.24) is 4.90 Å². The number of aliphatic imine (C=N–C) groups is 2. The molecule has 1 atom stereocenters. The SMILES string of the molecule is CCN=C=NC(CC)N(C)C.O=CCCCC=O. The van der Waals surface area contributed by atoms with E-state index in [1.54, 1.807) is 0 Å². The molecule has 104 valence electrons. The molecule has 0 spiro atoms. The molecule has 0 aromatic carbocycles. The van der Waals surface area contributed by atoms with Crippen LogP contribution in [0.25, 0.3) is 0 Å². The highest BCUT2D eigenvalue weighted by atomic mass is 16.1. The molecule has 0 aromatic rings. The summed E-state index contributed by atoms with van der Waals surface area (Å²) in [5.74, 6) is 0. The van der Waals surface area contributed by atoms with Gasteiger partial charge in [-0.2, -0.15) is 0 Å². The lowest BCUT2D eigenvalue weighted by molar-refractivity contribution is -0.108. The van der Waals surface area contributed by atoms with Gasteiger partial charge in [-0.3, -0.25) is 4.90 Å². The van der Waals surface area contributed by atoms with Gasteiger partial charge in [0.25, 0.3) is 0 Å². The Kier molecular flexibility index (Phi) is 16.6. The largest absolute Gasteiger partial charge is 0.303 e. The molecule has 0 saturated carbocycles. The molecule has 0 bridgehead atoms. The number of carbonyl (C=O) groups is 2. The first-order valence-corrected chi connectivity index (χ1v) is 6.28. The van der Waals surface area contributed by atoms with E-state index in [4.69, 9.17) is 0 Å². The Morgan fingerprint density at radius 3 is 2.06 bits per heavy atom. The maximum atomic E-state index is 9.56. The van der Waals surface area contributed by atoms with Gasteiger partial charge in [-0.25, -0.2) is 9.98 Å². The molecular weight excluding hydrogens is 230 g/mol. The van der Waals surface area contributed by atoms with Crippen LogP contribution >= 0.6 is 0 Å². The van der Waals surface area contributed by atoms with Gasteiger partial charge in [0.15, 0.2) is 0 Å². The minimum atomic E-state index is 0.227. The van der Waals surface area contributed by atoms with Gasteiger partial charge in [0.2, 0.25) is 0 Å². The lowest BCUT2D eigenvalue weighted by atomic mass is 10.3. The molecule has 0 saturated heterocycles. The van der Waals surface area contributed by atoms with Crippen LogP contribution in [0.3, 0.4) is 0 Å². The highest BCUT2D eigenvalue weighted by molar-refractivity contribution is 5.52. The van der Waals surface area contributed by atoms with Crippen LogP contribution in [-0.4, -0.2) is 50.3 Å². The van der Waals surface area contributed by atoms with Crippen LogP contribution in [0.15, 0.2) is 9.98 Å². The lowest BCUT2D eigenvalue weighted by Gasteiger charge is -2.15. The molecule has 5 heteroatoms. The van der Waals surface area contributed by atoms with Gasteiger partial charge in [-0.05, 0) is 33.9 Å². The Bertz CT molecular complexity index is 251. The van der Waals surface area contributed by atoms with E-state index in [0.29, 0.717) is 19.3 Å². The molecule has 0 N–H and O–H groups in total. The molecule has 18 heavy (non-hydrogen) atoms. The van der Waals surface area contributed by atoms with Crippen LogP contribution < -0.4 is 0 Å². The van der Waals surface area contributed by atoms with Gasteiger partial charge in [0.05, 0.1) is 6.01 Å². The Morgan fingerprint density at radius 2 is 1.72 bits per heavy atom. The quantitative estimate of drug-likeness (QED) is 0.379. The summed E-state index contributed by atoms with van der Waals surface area (Å²) >= 11 is 0. The van der Waals surface area contributed by atoms with Crippen molar-refractivity contribution in [3.8, 4) is 0 Å². The first-order valence-electron chi connectivity index (χ1n) is 6.28. The van der Waals surface area contributed by atoms with Gasteiger partial charge in [-0.1, -0.05) is 6.92 Å². The number of hydrogen-bond acceptors (Lipinski definition) is 5. The third-order valence-corrected chi connectivity index (χ3v) is 2.04. The average molecular weight is 255 g/mol. The average Bonchev–Trinajstić information content (AvgIpc) is 2.36. The number of rotatable bonds is 8. The summed E-state index contributed by atoms with van der Waals surface area (Å²) in [5, 5.41) is 0. The van der Waals surface area contributed by atoms with Crippen molar-refractivity contribution in [1.29, 1.82) is 0 Å². The second-order valence-corrected chi connectivity index (χ2v) is 3.82. The number of unbranched alkanes of at least 4 members (excludes halogenated alkanes) is 2. The van der Waals surface area contributed by atoms with E-state index >= 15 is 0 Å². The minimum Gasteiger partial charge on any atom is -0.303 e. The Hall–Kier alpha value is -1.32. The van der Waals surface area contributed by atoms with Crippen molar-refractivity contribution >= 4 is 18.6 Å². The molecule has 0 aliphatic rings. The molecular formula is C13H25N3O2. The van der Waals surface area contributed by atoms with E-state index in [0.717, 1.165) is 25.5 Å². The summed E-state index contributed by atoms with van der Waals surface area (Å²) < 4.78 is 0. The smallest absolute Gasteiger partial charge is 0.120 e. The second kappa shape index (κ2) is 15.7. The zero-order valence-corrected chi connectivity index (χ0v) is 11.9. The topological polar surface area (TPSA) is 62.1 Å². The highest BCUT2D eigenvalue weighted by Crippen LogP contribution is 1.97. The fourth-order valence-corrected chi connectivity index (χ4v) is 1.03. The van der Waals surface area contributed by atoms with Crippen molar-refractivity contribution in [3.05, 3.63) is 0 Å². The van der Waals surface area contributed by atoms with E-state index in [9.17, 15) is 9.59 Å². The van der Waals surface area contributed by atoms with Crippen molar-refractivity contribution in [2.45, 2.75) is 45.7 Å². The monoisotopic (exact) mass is 255 g/mol. The number of hydrogen-bond donors (Lipinski definition) is 0. The lowest BCUT2D eigenvalue weighted by Crippen LogP contribution is -2.24. The summed E-state index contributed by atoms with van der Waals surface area (Å²) in [5.41, 5.74) is 0. The van der Waals surface area contributed by atoms with Gasteiger partial charge in [-0.15, -0.1) is 0 Å². The Morgan fingerprint density at radius 1 is 1.17 bits per heavy atom. The molecule has 0 heterocycles. The standard InChI is InChI=1S/C8H17N3.C5H8O2/c1-5-8(11(3)4)10-7-9-6-2;6-4-2-1-3-5-7/h8H,5-6H2,1-4H3;4-5H,1-3H2. The zero-order chi connectivity index (χ0) is 14.2. The number of aldehydes is 2. The van der Waals surface area contributed by atoms with E-state index < -0.39 is 0 Å². The van der Waals surface area contributed by atoms with Crippen molar-refractivity contribution in [3.63, 3.8) is 0 Å². The van der Waals surface area contributed by atoms with Crippen LogP contribution in [-0.2, 0) is 9.59 Å². The highest BCUT2D eigenvalue weighted by Gasteiger charge is 2.03. The van der Waals surface area contributed by atoms with Crippen molar-refractivity contribution in [2.75, 3.05) is 20.6 Å². The first-order chi connectivity index (χ1) is 8.63. The molecule has 0 rings (SSSR count). The Labute approximate surface area is 110 Å². The molecule has 0 aliphatic carbocycles. The molecule has 0 radical (unpaired) electrons. The summed E-state index contributed by atoms with van der Waals surface area (Å²) in [6.07, 6.45) is 4.60. The van der Waals surface area contributed by atoms with Crippen LogP contribution in [0.4, 0.5) is 0 Å². The van der Waals surface area contributed by atoms with Crippen LogP contribution in [0.1, 0.15) is 39.5 Å². The zero-order valence-electron chi connectivity index (χ0n) is 11.9. The van der Waals surface area contributed by atoms with E-state index in [1.807, 2.05) is 21.0 Å². The molecule has 1 unspecified atom stereocenters. The fourth-order valence-electron chi connectivity index (χ4n) is 1.03. The molecule has 0 amide bonds. The fraction of sp³-hybridized carbons (Fsp3) is 0.769. The minimum absolute atomic E-state index is 0.227. The van der Waals surface area contributed by atoms with Gasteiger partial charge < -0.3 is 9.59 Å². The predicted octanol–water partition coefficient (Wildman–Crippen LogP) is 2.03. The van der Waals surface area contributed by atoms with Gasteiger partial charge >= 0.3 is 0 Å². The molecule has 5 nitrogen and oxygen atoms in total. The summed E-state index contributed by atoms with van der Waals surface area (Å²) in [6.45, 7) is 4.83. The van der Waals surface area contributed by atoms with Crippen molar-refractivity contribution in [2.24, 2.45) is 9.98 Å². The van der Waals surface area contributed by atoms with Gasteiger partial charge in [0, 0.05) is 19.4 Å². The third-order valence-electron chi connectivity index (χ3n) is 2.04. The second-order valence-electron chi connectivity index (χ2n) is 3.82.